The number of ether oxygens (including phenoxy) is 1. The van der Waals surface area contributed by atoms with Crippen LogP contribution < -0.4 is 15.8 Å². The summed E-state index contributed by atoms with van der Waals surface area (Å²) < 4.78 is 7.09. The molecule has 7 heteroatoms. The molecule has 0 aliphatic heterocycles. The maximum atomic E-state index is 10.8. The van der Waals surface area contributed by atoms with Gasteiger partial charge in [0.05, 0.1) is 5.69 Å². The summed E-state index contributed by atoms with van der Waals surface area (Å²) in [4.78, 5) is 15.1. The molecule has 0 bridgehead atoms. The zero-order valence-electron chi connectivity index (χ0n) is 12.7. The van der Waals surface area contributed by atoms with Gasteiger partial charge in [-0.2, -0.15) is 5.10 Å². The predicted molar refractivity (Wildman–Crippen MR) is 86.2 cm³/mol. The van der Waals surface area contributed by atoms with Gasteiger partial charge in [0.1, 0.15) is 11.3 Å². The molecule has 3 aromatic rings. The summed E-state index contributed by atoms with van der Waals surface area (Å²) >= 11 is 0. The van der Waals surface area contributed by atoms with Crippen LogP contribution in [-0.4, -0.2) is 27.1 Å². The van der Waals surface area contributed by atoms with Gasteiger partial charge in [0.2, 0.25) is 0 Å². The van der Waals surface area contributed by atoms with Crippen LogP contribution in [0.3, 0.4) is 0 Å². The third-order valence-corrected chi connectivity index (χ3v) is 3.25. The number of carbonyl (C=O) groups excluding carboxylic acids is 1. The molecule has 23 heavy (non-hydrogen) atoms. The highest BCUT2D eigenvalue weighted by Crippen LogP contribution is 2.17. The molecule has 0 saturated carbocycles. The molecule has 0 fully saturated rings. The molecule has 1 amide bonds. The van der Waals surface area contributed by atoms with Crippen LogP contribution >= 0.6 is 0 Å². The number of aromatic nitrogens is 3. The highest BCUT2D eigenvalue weighted by Gasteiger charge is 2.05. The summed E-state index contributed by atoms with van der Waals surface area (Å²) in [6.07, 6.45) is 3.51. The maximum absolute atomic E-state index is 10.8. The number of nitrogens with one attached hydrogen (secondary N) is 1. The molecule has 7 nitrogen and oxygen atoms in total. The van der Waals surface area contributed by atoms with Crippen molar-refractivity contribution in [1.82, 2.24) is 14.6 Å². The Bertz CT molecular complexity index is 843. The lowest BCUT2D eigenvalue weighted by molar-refractivity contribution is -0.119. The number of rotatable bonds is 6. The summed E-state index contributed by atoms with van der Waals surface area (Å²) in [5, 5.41) is 7.65. The minimum absolute atomic E-state index is 0.132. The summed E-state index contributed by atoms with van der Waals surface area (Å²) in [7, 11) is 0. The van der Waals surface area contributed by atoms with Crippen molar-refractivity contribution in [3.63, 3.8) is 0 Å². The third kappa shape index (κ3) is 3.57. The van der Waals surface area contributed by atoms with E-state index in [1.807, 2.05) is 37.4 Å². The zero-order valence-corrected chi connectivity index (χ0v) is 12.7. The summed E-state index contributed by atoms with van der Waals surface area (Å²) in [5.74, 6) is 0.867. The van der Waals surface area contributed by atoms with Crippen LogP contribution in [0.4, 0.5) is 5.82 Å². The van der Waals surface area contributed by atoms with E-state index < -0.39 is 5.91 Å². The molecule has 3 rings (SSSR count). The molecule has 118 valence electrons. The number of hydrogen-bond donors (Lipinski definition) is 2. The number of benzene rings is 1. The van der Waals surface area contributed by atoms with Crippen LogP contribution in [0.1, 0.15) is 11.3 Å². The van der Waals surface area contributed by atoms with E-state index >= 15 is 0 Å². The van der Waals surface area contributed by atoms with Gasteiger partial charge < -0.3 is 15.8 Å². The van der Waals surface area contributed by atoms with Gasteiger partial charge in [-0.1, -0.05) is 12.1 Å². The van der Waals surface area contributed by atoms with Gasteiger partial charge in [0.25, 0.3) is 5.91 Å². The van der Waals surface area contributed by atoms with E-state index in [9.17, 15) is 4.79 Å². The fraction of sp³-hybridized carbons (Fsp3) is 0.188. The lowest BCUT2D eigenvalue weighted by Crippen LogP contribution is -2.20. The first kappa shape index (κ1) is 14.8. The molecular weight excluding hydrogens is 294 g/mol. The van der Waals surface area contributed by atoms with E-state index in [0.29, 0.717) is 12.3 Å². The zero-order chi connectivity index (χ0) is 16.2. The van der Waals surface area contributed by atoms with Gasteiger partial charge in [-0.25, -0.2) is 9.50 Å². The van der Waals surface area contributed by atoms with Gasteiger partial charge in [0.15, 0.2) is 12.4 Å². The van der Waals surface area contributed by atoms with Crippen LogP contribution in [0.5, 0.6) is 5.75 Å². The van der Waals surface area contributed by atoms with E-state index in [1.54, 1.807) is 16.8 Å². The monoisotopic (exact) mass is 311 g/mol. The second-order valence-electron chi connectivity index (χ2n) is 5.15. The molecule has 0 unspecified atom stereocenters. The third-order valence-electron chi connectivity index (χ3n) is 3.25. The Hall–Kier alpha value is -3.09. The first-order valence-corrected chi connectivity index (χ1v) is 7.17. The van der Waals surface area contributed by atoms with Crippen molar-refractivity contribution in [2.24, 2.45) is 5.73 Å². The van der Waals surface area contributed by atoms with Gasteiger partial charge in [0, 0.05) is 18.9 Å². The summed E-state index contributed by atoms with van der Waals surface area (Å²) in [5.41, 5.74) is 7.94. The number of amides is 1. The number of primary amides is 1. The molecule has 0 saturated heterocycles. The molecule has 2 aromatic heterocycles. The predicted octanol–water partition coefficient (Wildman–Crippen LogP) is 1.51. The number of nitrogens with zero attached hydrogens (tertiary/aromatic N) is 3. The fourth-order valence-electron chi connectivity index (χ4n) is 2.27. The molecule has 0 spiro atoms. The minimum atomic E-state index is -0.500. The van der Waals surface area contributed by atoms with Crippen LogP contribution in [0.2, 0.25) is 0 Å². The quantitative estimate of drug-likeness (QED) is 0.719. The average Bonchev–Trinajstić information content (AvgIpc) is 2.92. The van der Waals surface area contributed by atoms with Crippen molar-refractivity contribution in [3.05, 3.63) is 54.0 Å². The number of hydrogen-bond acceptors (Lipinski definition) is 5. The number of carbonyl (C=O) groups is 1. The minimum Gasteiger partial charge on any atom is -0.484 e. The Labute approximate surface area is 133 Å². The van der Waals surface area contributed by atoms with E-state index in [2.05, 4.69) is 15.4 Å². The topological polar surface area (TPSA) is 94.5 Å². The van der Waals surface area contributed by atoms with Gasteiger partial charge in [-0.3, -0.25) is 4.79 Å². The number of nitrogens with two attached hydrogens (primary N) is 1. The Morgan fingerprint density at radius 1 is 1.39 bits per heavy atom. The molecule has 0 radical (unpaired) electrons. The first-order chi connectivity index (χ1) is 11.1. The lowest BCUT2D eigenvalue weighted by Gasteiger charge is -2.09. The molecule has 1 aromatic carbocycles. The first-order valence-electron chi connectivity index (χ1n) is 7.17. The molecule has 0 aliphatic rings. The maximum Gasteiger partial charge on any atom is 0.255 e. The standard InChI is InChI=1S/C16H17N5O2/c1-11-7-14-16(18-5-6-21(14)20-11)19-9-12-3-2-4-13(8-12)23-10-15(17)22/h2-8H,9-10H2,1H3,(H2,17,22)(H,18,19). The van der Waals surface area contributed by atoms with E-state index in [0.717, 1.165) is 22.6 Å². The van der Waals surface area contributed by atoms with Crippen LogP contribution in [0.15, 0.2) is 42.7 Å². The Morgan fingerprint density at radius 2 is 2.26 bits per heavy atom. The number of aryl methyl sites for hydroxylation is 1. The molecule has 2 heterocycles. The molecular formula is C16H17N5O2. The van der Waals surface area contributed by atoms with Crippen molar-refractivity contribution < 1.29 is 9.53 Å². The number of anilines is 1. The summed E-state index contributed by atoms with van der Waals surface area (Å²) in [6, 6.07) is 9.45. The van der Waals surface area contributed by atoms with Crippen molar-refractivity contribution in [3.8, 4) is 5.75 Å². The average molecular weight is 311 g/mol. The van der Waals surface area contributed by atoms with Gasteiger partial charge >= 0.3 is 0 Å². The van der Waals surface area contributed by atoms with Crippen molar-refractivity contribution in [2.75, 3.05) is 11.9 Å². The fourth-order valence-corrected chi connectivity index (χ4v) is 2.27. The second kappa shape index (κ2) is 6.35. The Balaban J connectivity index is 1.72. The Morgan fingerprint density at radius 3 is 3.09 bits per heavy atom. The highest BCUT2D eigenvalue weighted by molar-refractivity contribution is 5.75. The normalized spacial score (nSPS) is 10.7. The van der Waals surface area contributed by atoms with Crippen LogP contribution in [-0.2, 0) is 11.3 Å². The van der Waals surface area contributed by atoms with Gasteiger partial charge in [-0.15, -0.1) is 0 Å². The molecule has 0 atom stereocenters. The SMILES string of the molecule is Cc1cc2c(NCc3cccc(OCC(N)=O)c3)nccn2n1. The van der Waals surface area contributed by atoms with Gasteiger partial charge in [-0.05, 0) is 30.7 Å². The summed E-state index contributed by atoms with van der Waals surface area (Å²) in [6.45, 7) is 2.38. The van der Waals surface area contributed by atoms with Crippen molar-refractivity contribution in [2.45, 2.75) is 13.5 Å². The smallest absolute Gasteiger partial charge is 0.255 e. The van der Waals surface area contributed by atoms with Crippen molar-refractivity contribution in [1.29, 1.82) is 0 Å². The largest absolute Gasteiger partial charge is 0.484 e. The lowest BCUT2D eigenvalue weighted by atomic mass is 10.2. The van der Waals surface area contributed by atoms with Crippen molar-refractivity contribution >= 4 is 17.2 Å². The van der Waals surface area contributed by atoms with Crippen LogP contribution in [0, 0.1) is 6.92 Å². The number of fused-ring (bicyclic) bond motifs is 1. The molecule has 0 aliphatic carbocycles. The highest BCUT2D eigenvalue weighted by atomic mass is 16.5. The molecule has 3 N–H and O–H groups in total. The van der Waals surface area contributed by atoms with E-state index in [4.69, 9.17) is 10.5 Å². The van der Waals surface area contributed by atoms with E-state index in [1.165, 1.54) is 0 Å². The van der Waals surface area contributed by atoms with Crippen LogP contribution in [0.25, 0.3) is 5.52 Å². The second-order valence-corrected chi connectivity index (χ2v) is 5.15. The Kier molecular flexibility index (Phi) is 4.09. The van der Waals surface area contributed by atoms with E-state index in [-0.39, 0.29) is 6.61 Å².